The smallest absolute Gasteiger partial charge is 0.341 e. The van der Waals surface area contributed by atoms with Crippen LogP contribution in [-0.4, -0.2) is 23.5 Å². The third-order valence-electron chi connectivity index (χ3n) is 3.17. The maximum atomic E-state index is 12.2. The van der Waals surface area contributed by atoms with Crippen molar-refractivity contribution in [3.8, 4) is 6.07 Å². The van der Waals surface area contributed by atoms with Crippen LogP contribution >= 0.6 is 22.7 Å². The van der Waals surface area contributed by atoms with Gasteiger partial charge in [-0.2, -0.15) is 5.26 Å². The van der Waals surface area contributed by atoms with Gasteiger partial charge in [0.15, 0.2) is 0 Å². The largest absolute Gasteiger partial charge is 0.462 e. The number of allylic oxidation sites excluding steroid dienone is 1. The third-order valence-corrected chi connectivity index (χ3v) is 5.40. The molecular formula is C16H16N4O3S2. The second kappa shape index (κ2) is 7.92. The van der Waals surface area contributed by atoms with Gasteiger partial charge in [-0.15, -0.1) is 22.7 Å². The molecule has 2 rings (SSSR count). The Hall–Kier alpha value is -2.70. The molecule has 25 heavy (non-hydrogen) atoms. The summed E-state index contributed by atoms with van der Waals surface area (Å²) in [5, 5.41) is 15.0. The molecule has 7 nitrogen and oxygen atoms in total. The first-order chi connectivity index (χ1) is 11.9. The fourth-order valence-corrected chi connectivity index (χ4v) is 3.84. The van der Waals surface area contributed by atoms with Gasteiger partial charge in [0.2, 0.25) is 0 Å². The molecule has 0 aliphatic rings. The second-order valence-corrected chi connectivity index (χ2v) is 6.83. The number of nitrogens with two attached hydrogens (primary N) is 1. The van der Waals surface area contributed by atoms with E-state index in [2.05, 4.69) is 16.4 Å². The molecule has 0 atom stereocenters. The van der Waals surface area contributed by atoms with Crippen molar-refractivity contribution in [1.29, 1.82) is 5.26 Å². The maximum absolute atomic E-state index is 12.2. The van der Waals surface area contributed by atoms with Gasteiger partial charge in [-0.05, 0) is 26.3 Å². The first-order valence-corrected chi connectivity index (χ1v) is 8.98. The predicted octanol–water partition coefficient (Wildman–Crippen LogP) is 3.07. The van der Waals surface area contributed by atoms with Crippen LogP contribution in [0.25, 0.3) is 5.57 Å². The molecule has 2 aromatic heterocycles. The van der Waals surface area contributed by atoms with Crippen LogP contribution in [0.3, 0.4) is 0 Å². The van der Waals surface area contributed by atoms with Gasteiger partial charge in [-0.3, -0.25) is 4.79 Å². The number of anilines is 1. The molecule has 0 aliphatic heterocycles. The number of primary amides is 1. The molecule has 0 fully saturated rings. The van der Waals surface area contributed by atoms with Gasteiger partial charge >= 0.3 is 5.97 Å². The van der Waals surface area contributed by atoms with Crippen LogP contribution in [0.1, 0.15) is 43.2 Å². The van der Waals surface area contributed by atoms with Gasteiger partial charge in [-0.1, -0.05) is 0 Å². The average Bonchev–Trinajstić information content (AvgIpc) is 3.12. The third kappa shape index (κ3) is 4.04. The summed E-state index contributed by atoms with van der Waals surface area (Å²) in [4.78, 5) is 28.3. The topological polar surface area (TPSA) is 118 Å². The predicted molar refractivity (Wildman–Crippen MR) is 97.6 cm³/mol. The number of hydrogen-bond acceptors (Lipinski definition) is 8. The lowest BCUT2D eigenvalue weighted by molar-refractivity contribution is 0.0527. The lowest BCUT2D eigenvalue weighted by atomic mass is 10.1. The van der Waals surface area contributed by atoms with Crippen LogP contribution in [0, 0.1) is 25.2 Å². The van der Waals surface area contributed by atoms with Crippen molar-refractivity contribution in [1.82, 2.24) is 4.98 Å². The van der Waals surface area contributed by atoms with Gasteiger partial charge in [0.05, 0.1) is 17.0 Å². The minimum Gasteiger partial charge on any atom is -0.462 e. The van der Waals surface area contributed by atoms with Crippen LogP contribution in [-0.2, 0) is 4.74 Å². The van der Waals surface area contributed by atoms with Crippen molar-refractivity contribution < 1.29 is 14.3 Å². The van der Waals surface area contributed by atoms with Gasteiger partial charge in [-0.25, -0.2) is 9.78 Å². The Bertz CT molecular complexity index is 890. The molecule has 0 aliphatic carbocycles. The molecule has 0 saturated heterocycles. The number of ether oxygens (including phenoxy) is 1. The molecule has 2 aromatic rings. The number of nitriles is 1. The number of aromatic nitrogens is 1. The highest BCUT2D eigenvalue weighted by Crippen LogP contribution is 2.34. The number of esters is 1. The minimum atomic E-state index is -0.624. The van der Waals surface area contributed by atoms with Crippen molar-refractivity contribution in [3.05, 3.63) is 38.3 Å². The van der Waals surface area contributed by atoms with Gasteiger partial charge in [0, 0.05) is 17.3 Å². The Labute approximate surface area is 152 Å². The highest BCUT2D eigenvalue weighted by atomic mass is 32.1. The van der Waals surface area contributed by atoms with Crippen LogP contribution in [0.15, 0.2) is 11.6 Å². The highest BCUT2D eigenvalue weighted by molar-refractivity contribution is 7.18. The van der Waals surface area contributed by atoms with E-state index in [4.69, 9.17) is 10.5 Å². The fourth-order valence-electron chi connectivity index (χ4n) is 2.06. The molecule has 130 valence electrons. The summed E-state index contributed by atoms with van der Waals surface area (Å²) in [5.41, 5.74) is 7.19. The summed E-state index contributed by atoms with van der Waals surface area (Å²) in [7, 11) is 0. The minimum absolute atomic E-state index is 0.205. The molecule has 0 unspecified atom stereocenters. The Morgan fingerprint density at radius 3 is 2.72 bits per heavy atom. The zero-order valence-corrected chi connectivity index (χ0v) is 15.5. The van der Waals surface area contributed by atoms with Crippen LogP contribution in [0.4, 0.5) is 5.00 Å². The summed E-state index contributed by atoms with van der Waals surface area (Å²) in [5.74, 6) is -1.18. The van der Waals surface area contributed by atoms with Gasteiger partial charge in [0.25, 0.3) is 5.91 Å². The number of nitrogens with one attached hydrogen (secondary N) is 1. The molecule has 0 saturated carbocycles. The number of carbonyl (C=O) groups excluding carboxylic acids is 2. The number of hydrogen-bond donors (Lipinski definition) is 2. The number of thiazole rings is 1. The highest BCUT2D eigenvalue weighted by Gasteiger charge is 2.24. The number of nitrogens with zero attached hydrogens (tertiary/aromatic N) is 2. The standard InChI is InChI=1S/C16H16N4O3S2/c1-4-23-16(22)11-9(3)12(13(18)21)25-15(11)19-6-10(5-17)14-20-8(2)7-24-14/h6-7,19H,4H2,1-3H3,(H2,18,21)/b10-6+. The van der Waals surface area contributed by atoms with Crippen LogP contribution in [0.5, 0.6) is 0 Å². The lowest BCUT2D eigenvalue weighted by Gasteiger charge is -2.05. The Morgan fingerprint density at radius 2 is 2.20 bits per heavy atom. The van der Waals surface area contributed by atoms with E-state index < -0.39 is 11.9 Å². The van der Waals surface area contributed by atoms with E-state index >= 15 is 0 Å². The second-order valence-electron chi connectivity index (χ2n) is 4.95. The molecule has 0 aromatic carbocycles. The van der Waals surface area contributed by atoms with Crippen LogP contribution < -0.4 is 11.1 Å². The average molecular weight is 376 g/mol. The molecule has 3 N–H and O–H groups in total. The van der Waals surface area contributed by atoms with E-state index in [1.54, 1.807) is 13.8 Å². The zero-order chi connectivity index (χ0) is 18.6. The van der Waals surface area contributed by atoms with Gasteiger partial charge < -0.3 is 15.8 Å². The lowest BCUT2D eigenvalue weighted by Crippen LogP contribution is -2.12. The number of carbonyl (C=O) groups is 2. The number of aryl methyl sites for hydroxylation is 1. The maximum Gasteiger partial charge on any atom is 0.341 e. The normalized spacial score (nSPS) is 11.0. The molecule has 2 heterocycles. The Kier molecular flexibility index (Phi) is 5.90. The SMILES string of the molecule is CCOC(=O)c1c(N/C=C(\C#N)c2nc(C)cs2)sc(C(N)=O)c1C. The van der Waals surface area contributed by atoms with Crippen molar-refractivity contribution >= 4 is 45.1 Å². The fraction of sp³-hybridized carbons (Fsp3) is 0.250. The summed E-state index contributed by atoms with van der Waals surface area (Å²) in [6.45, 7) is 5.37. The van der Waals surface area contributed by atoms with E-state index in [1.165, 1.54) is 17.5 Å². The molecule has 0 radical (unpaired) electrons. The van der Waals surface area contributed by atoms with Crippen LogP contribution in [0.2, 0.25) is 0 Å². The molecule has 0 bridgehead atoms. The van der Waals surface area contributed by atoms with E-state index in [-0.39, 0.29) is 17.0 Å². The quantitative estimate of drug-likeness (QED) is 0.591. The van der Waals surface area contributed by atoms with E-state index in [0.717, 1.165) is 17.0 Å². The molecule has 0 spiro atoms. The van der Waals surface area contributed by atoms with Crippen molar-refractivity contribution in [2.45, 2.75) is 20.8 Å². The van der Waals surface area contributed by atoms with Crippen molar-refractivity contribution in [2.75, 3.05) is 11.9 Å². The Morgan fingerprint density at radius 1 is 1.48 bits per heavy atom. The summed E-state index contributed by atoms with van der Waals surface area (Å²) >= 11 is 2.39. The van der Waals surface area contributed by atoms with E-state index in [0.29, 0.717) is 21.1 Å². The van der Waals surface area contributed by atoms with Crippen molar-refractivity contribution in [3.63, 3.8) is 0 Å². The molecule has 9 heteroatoms. The zero-order valence-electron chi connectivity index (χ0n) is 13.9. The monoisotopic (exact) mass is 376 g/mol. The number of thiophene rings is 1. The summed E-state index contributed by atoms with van der Waals surface area (Å²) < 4.78 is 5.04. The number of rotatable bonds is 6. The summed E-state index contributed by atoms with van der Waals surface area (Å²) in [6, 6.07) is 2.06. The molecular weight excluding hydrogens is 360 g/mol. The first kappa shape index (κ1) is 18.6. The van der Waals surface area contributed by atoms with E-state index in [1.807, 2.05) is 12.3 Å². The Balaban J connectivity index is 2.42. The first-order valence-electron chi connectivity index (χ1n) is 7.28. The number of amides is 1. The van der Waals surface area contributed by atoms with E-state index in [9.17, 15) is 14.9 Å². The van der Waals surface area contributed by atoms with Crippen molar-refractivity contribution in [2.24, 2.45) is 5.73 Å². The molecule has 1 amide bonds. The summed E-state index contributed by atoms with van der Waals surface area (Å²) in [6.07, 6.45) is 1.46. The van der Waals surface area contributed by atoms with Gasteiger partial charge in [0.1, 0.15) is 21.7 Å².